The molecule has 0 unspecified atom stereocenters. The van der Waals surface area contributed by atoms with Crippen LogP contribution in [0.25, 0.3) is 97.0 Å². The molecule has 0 saturated carbocycles. The fourth-order valence-electron chi connectivity index (χ4n) is 6.68. The first kappa shape index (κ1) is 28.9. The van der Waals surface area contributed by atoms with Crippen LogP contribution in [0.15, 0.2) is 158 Å². The van der Waals surface area contributed by atoms with Crippen molar-refractivity contribution >= 4 is 63.8 Å². The van der Waals surface area contributed by atoms with Crippen molar-refractivity contribution < 1.29 is 0 Å². The van der Waals surface area contributed by atoms with Gasteiger partial charge in [-0.3, -0.25) is 0 Å². The number of hydrogen-bond acceptors (Lipinski definition) is 6. The van der Waals surface area contributed by atoms with E-state index in [1.165, 1.54) is 36.0 Å². The first-order chi connectivity index (χ1) is 24.7. The molecule has 4 nitrogen and oxygen atoms in total. The van der Waals surface area contributed by atoms with Crippen molar-refractivity contribution in [1.29, 1.82) is 0 Å². The third kappa shape index (κ3) is 5.05. The molecule has 3 heterocycles. The number of aromatic nitrogens is 4. The van der Waals surface area contributed by atoms with Gasteiger partial charge in [0.1, 0.15) is 5.01 Å². The van der Waals surface area contributed by atoms with E-state index in [9.17, 15) is 0 Å². The van der Waals surface area contributed by atoms with Gasteiger partial charge in [0.05, 0.1) is 10.2 Å². The van der Waals surface area contributed by atoms with Crippen molar-refractivity contribution in [2.45, 2.75) is 0 Å². The Balaban J connectivity index is 1.10. The molecule has 7 aromatic carbocycles. The maximum absolute atomic E-state index is 5.06. The largest absolute Gasteiger partial charge is 0.236 e. The number of thiophene rings is 1. The minimum Gasteiger partial charge on any atom is -0.236 e. The topological polar surface area (TPSA) is 51.6 Å². The van der Waals surface area contributed by atoms with Crippen LogP contribution in [0.4, 0.5) is 0 Å². The lowest BCUT2D eigenvalue weighted by Crippen LogP contribution is -2.00. The minimum absolute atomic E-state index is 0.651. The monoisotopic (exact) mass is 674 g/mol. The van der Waals surface area contributed by atoms with Gasteiger partial charge in [0.2, 0.25) is 0 Å². The number of benzene rings is 7. The smallest absolute Gasteiger partial charge is 0.164 e. The lowest BCUT2D eigenvalue weighted by atomic mass is 9.96. The van der Waals surface area contributed by atoms with Crippen molar-refractivity contribution in [3.63, 3.8) is 0 Å². The summed E-state index contributed by atoms with van der Waals surface area (Å²) in [5, 5.41) is 5.88. The van der Waals surface area contributed by atoms with Crippen LogP contribution in [-0.4, -0.2) is 19.9 Å². The van der Waals surface area contributed by atoms with Gasteiger partial charge in [0.25, 0.3) is 0 Å². The molecule has 0 N–H and O–H groups in total. The van der Waals surface area contributed by atoms with Gasteiger partial charge in [-0.25, -0.2) is 19.9 Å². The molecule has 0 aliphatic rings. The van der Waals surface area contributed by atoms with E-state index in [-0.39, 0.29) is 0 Å². The fourth-order valence-corrected chi connectivity index (χ4v) is 8.90. The summed E-state index contributed by atoms with van der Waals surface area (Å²) in [6.45, 7) is 0. The SMILES string of the molecule is c1ccc(-c2nc(-c3ccccc3)nc(-c3ccc4ccc(-c5cccc6sc7cc8sc(-c9ccccc9)nc8cc7c56)cc4c3)n2)cc1. The Morgan fingerprint density at radius 3 is 1.64 bits per heavy atom. The zero-order valence-electron chi connectivity index (χ0n) is 26.6. The van der Waals surface area contributed by atoms with E-state index in [1.807, 2.05) is 78.1 Å². The van der Waals surface area contributed by atoms with Gasteiger partial charge in [0, 0.05) is 42.4 Å². The Bertz CT molecular complexity index is 2800. The maximum atomic E-state index is 5.06. The van der Waals surface area contributed by atoms with Crippen molar-refractivity contribution in [2.24, 2.45) is 0 Å². The molecule has 0 radical (unpaired) electrons. The molecule has 0 amide bonds. The second kappa shape index (κ2) is 11.8. The van der Waals surface area contributed by atoms with Crippen LogP contribution in [0.5, 0.6) is 0 Å². The van der Waals surface area contributed by atoms with E-state index in [0.717, 1.165) is 43.6 Å². The lowest BCUT2D eigenvalue weighted by Gasteiger charge is -2.10. The molecule has 0 fully saturated rings. The van der Waals surface area contributed by atoms with Gasteiger partial charge < -0.3 is 0 Å². The molecule has 0 aliphatic heterocycles. The maximum Gasteiger partial charge on any atom is 0.164 e. The summed E-state index contributed by atoms with van der Waals surface area (Å²) in [7, 11) is 0. The Hall–Kier alpha value is -6.08. The van der Waals surface area contributed by atoms with Gasteiger partial charge in [-0.05, 0) is 52.2 Å². The Kier molecular flexibility index (Phi) is 6.82. The molecule has 3 aromatic heterocycles. The summed E-state index contributed by atoms with van der Waals surface area (Å²) in [4.78, 5) is 19.9. The molecule has 10 aromatic rings. The van der Waals surface area contributed by atoms with Crippen LogP contribution < -0.4 is 0 Å². The van der Waals surface area contributed by atoms with Gasteiger partial charge in [-0.2, -0.15) is 0 Å². The third-order valence-corrected chi connectivity index (χ3v) is 11.3. The molecule has 50 heavy (non-hydrogen) atoms. The number of thiazole rings is 1. The molecule has 0 spiro atoms. The quantitative estimate of drug-likeness (QED) is 0.182. The van der Waals surface area contributed by atoms with Crippen molar-refractivity contribution in [2.75, 3.05) is 0 Å². The average molecular weight is 675 g/mol. The minimum atomic E-state index is 0.651. The van der Waals surface area contributed by atoms with Gasteiger partial charge in [-0.15, -0.1) is 22.7 Å². The number of hydrogen-bond donors (Lipinski definition) is 0. The second-order valence-electron chi connectivity index (χ2n) is 12.3. The number of rotatable bonds is 5. The van der Waals surface area contributed by atoms with E-state index in [2.05, 4.69) is 91.0 Å². The highest BCUT2D eigenvalue weighted by atomic mass is 32.1. The number of nitrogens with zero attached hydrogens (tertiary/aromatic N) is 4. The summed E-state index contributed by atoms with van der Waals surface area (Å²) in [5.74, 6) is 1.96. The average Bonchev–Trinajstić information content (AvgIpc) is 3.78. The van der Waals surface area contributed by atoms with Crippen LogP contribution >= 0.6 is 22.7 Å². The highest BCUT2D eigenvalue weighted by molar-refractivity contribution is 7.26. The van der Waals surface area contributed by atoms with Crippen LogP contribution in [0.2, 0.25) is 0 Å². The van der Waals surface area contributed by atoms with Crippen LogP contribution in [0.1, 0.15) is 0 Å². The summed E-state index contributed by atoms with van der Waals surface area (Å²) in [5.41, 5.74) is 7.46. The summed E-state index contributed by atoms with van der Waals surface area (Å²) >= 11 is 3.61. The molecular weight excluding hydrogens is 649 g/mol. The molecule has 234 valence electrons. The predicted octanol–water partition coefficient (Wildman–Crippen LogP) is 12.3. The van der Waals surface area contributed by atoms with Crippen molar-refractivity contribution in [3.05, 3.63) is 158 Å². The molecule has 0 atom stereocenters. The summed E-state index contributed by atoms with van der Waals surface area (Å²) < 4.78 is 3.77. The van der Waals surface area contributed by atoms with E-state index in [0.29, 0.717) is 17.5 Å². The molecule has 6 heteroatoms. The van der Waals surface area contributed by atoms with E-state index in [4.69, 9.17) is 19.9 Å². The first-order valence-electron chi connectivity index (χ1n) is 16.5. The standard InChI is InChI=1S/C44H26N4S2/c1-4-11-28(12-5-1)41-46-42(29-13-6-2-7-14-29)48-43(47-41)32-22-20-27-19-21-31(23-33(27)24-32)34-17-10-18-37-40(34)35-25-36-39(26-38(35)49-37)50-44(45-36)30-15-8-3-9-16-30/h1-26H. The summed E-state index contributed by atoms with van der Waals surface area (Å²) in [6, 6.07) is 55.1. The third-order valence-electron chi connectivity index (χ3n) is 9.13. The Morgan fingerprint density at radius 1 is 0.360 bits per heavy atom. The van der Waals surface area contributed by atoms with Gasteiger partial charge >= 0.3 is 0 Å². The molecular formula is C44H26N4S2. The van der Waals surface area contributed by atoms with Crippen LogP contribution in [0.3, 0.4) is 0 Å². The first-order valence-corrected chi connectivity index (χ1v) is 18.1. The van der Waals surface area contributed by atoms with Crippen LogP contribution in [-0.2, 0) is 0 Å². The molecule has 0 saturated heterocycles. The highest BCUT2D eigenvalue weighted by Crippen LogP contribution is 2.43. The highest BCUT2D eigenvalue weighted by Gasteiger charge is 2.16. The van der Waals surface area contributed by atoms with E-state index < -0.39 is 0 Å². The number of fused-ring (bicyclic) bond motifs is 5. The molecule has 10 rings (SSSR count). The fraction of sp³-hybridized carbons (Fsp3) is 0. The van der Waals surface area contributed by atoms with Crippen LogP contribution in [0, 0.1) is 0 Å². The molecule has 0 bridgehead atoms. The normalized spacial score (nSPS) is 11.6. The Morgan fingerprint density at radius 2 is 0.960 bits per heavy atom. The zero-order valence-corrected chi connectivity index (χ0v) is 28.2. The van der Waals surface area contributed by atoms with Crippen molar-refractivity contribution in [1.82, 2.24) is 19.9 Å². The summed E-state index contributed by atoms with van der Waals surface area (Å²) in [6.07, 6.45) is 0. The van der Waals surface area contributed by atoms with Gasteiger partial charge in [0.15, 0.2) is 17.5 Å². The van der Waals surface area contributed by atoms with E-state index in [1.54, 1.807) is 11.3 Å². The second-order valence-corrected chi connectivity index (χ2v) is 14.4. The lowest BCUT2D eigenvalue weighted by molar-refractivity contribution is 1.07. The predicted molar refractivity (Wildman–Crippen MR) is 211 cm³/mol. The zero-order chi connectivity index (χ0) is 33.0. The van der Waals surface area contributed by atoms with Gasteiger partial charge in [-0.1, -0.05) is 127 Å². The molecule has 0 aliphatic carbocycles. The van der Waals surface area contributed by atoms with E-state index >= 15 is 0 Å². The Labute approximate surface area is 296 Å². The van der Waals surface area contributed by atoms with Crippen molar-refractivity contribution in [3.8, 4) is 55.9 Å².